The second-order valence-corrected chi connectivity index (χ2v) is 6.20. The van der Waals surface area contributed by atoms with Crippen LogP contribution in [0.3, 0.4) is 0 Å². The number of anilines is 1. The maximum atomic E-state index is 12.3. The Morgan fingerprint density at radius 3 is 2.54 bits per heavy atom. The van der Waals surface area contributed by atoms with Crippen molar-refractivity contribution in [3.8, 4) is 0 Å². The van der Waals surface area contributed by atoms with Gasteiger partial charge in [0, 0.05) is 38.6 Å². The Morgan fingerprint density at radius 2 is 1.89 bits per heavy atom. The van der Waals surface area contributed by atoms with Crippen LogP contribution in [0.25, 0.3) is 0 Å². The second-order valence-electron chi connectivity index (χ2n) is 6.20. The molecule has 28 heavy (non-hydrogen) atoms. The van der Waals surface area contributed by atoms with Crippen molar-refractivity contribution in [1.82, 2.24) is 20.2 Å². The van der Waals surface area contributed by atoms with Gasteiger partial charge in [-0.2, -0.15) is 0 Å². The minimum atomic E-state index is -0.905. The monoisotopic (exact) mass is 387 g/mol. The number of nitrogens with one attached hydrogen (secondary N) is 1. The lowest BCUT2D eigenvalue weighted by Crippen LogP contribution is -2.50. The lowest BCUT2D eigenvalue weighted by Gasteiger charge is -2.34. The summed E-state index contributed by atoms with van der Waals surface area (Å²) < 4.78 is 9.99. The summed E-state index contributed by atoms with van der Waals surface area (Å²) in [6.45, 7) is 3.27. The molecular formula is C18H21N5O5. The Bertz CT molecular complexity index is 803. The first-order valence-electron chi connectivity index (χ1n) is 8.85. The number of aromatic nitrogens is 2. The molecule has 1 atom stereocenters. The molecule has 2 aromatic rings. The number of hydrogen-bond donors (Lipinski definition) is 1. The minimum absolute atomic E-state index is 0.0935. The zero-order valence-electron chi connectivity index (χ0n) is 15.4. The number of esters is 1. The number of nitrogens with zero attached hydrogens (tertiary/aromatic N) is 4. The van der Waals surface area contributed by atoms with Gasteiger partial charge in [-0.15, -0.1) is 0 Å². The third-order valence-electron chi connectivity index (χ3n) is 4.25. The average molecular weight is 387 g/mol. The van der Waals surface area contributed by atoms with E-state index in [4.69, 9.17) is 9.15 Å². The summed E-state index contributed by atoms with van der Waals surface area (Å²) in [7, 11) is 0. The topological polar surface area (TPSA) is 118 Å². The molecule has 1 aliphatic rings. The van der Waals surface area contributed by atoms with Gasteiger partial charge in [-0.1, -0.05) is 0 Å². The quantitative estimate of drug-likeness (QED) is 0.693. The standard InChI is InChI=1S/C18H21N5O5/c1-13(21-16(25)14-4-2-11-27-14)17(26)28-12-15(24)22-7-9-23(10-8-22)18-19-5-3-6-20-18/h2-6,11,13H,7-10,12H2,1H3,(H,21,25)/t13-/m0/s1. The average Bonchev–Trinajstić information content (AvgIpc) is 3.27. The maximum absolute atomic E-state index is 12.3. The van der Waals surface area contributed by atoms with Crippen LogP contribution in [0.4, 0.5) is 5.95 Å². The number of carbonyl (C=O) groups is 3. The van der Waals surface area contributed by atoms with Gasteiger partial charge in [0.05, 0.1) is 6.26 Å². The number of amides is 2. The molecule has 2 aromatic heterocycles. The molecule has 3 rings (SSSR count). The molecule has 3 heterocycles. The highest BCUT2D eigenvalue weighted by Gasteiger charge is 2.25. The zero-order valence-corrected chi connectivity index (χ0v) is 15.4. The van der Waals surface area contributed by atoms with Gasteiger partial charge >= 0.3 is 5.97 Å². The van der Waals surface area contributed by atoms with Gasteiger partial charge in [0.2, 0.25) is 5.95 Å². The molecule has 0 aromatic carbocycles. The van der Waals surface area contributed by atoms with Crippen molar-refractivity contribution in [3.63, 3.8) is 0 Å². The van der Waals surface area contributed by atoms with Gasteiger partial charge in [0.1, 0.15) is 6.04 Å². The highest BCUT2D eigenvalue weighted by atomic mass is 16.5. The van der Waals surface area contributed by atoms with Crippen LogP contribution in [0.2, 0.25) is 0 Å². The maximum Gasteiger partial charge on any atom is 0.328 e. The fourth-order valence-electron chi connectivity index (χ4n) is 2.69. The number of piperazine rings is 1. The van der Waals surface area contributed by atoms with Crippen molar-refractivity contribution in [3.05, 3.63) is 42.6 Å². The second kappa shape index (κ2) is 8.98. The Balaban J connectivity index is 1.40. The predicted molar refractivity (Wildman–Crippen MR) is 97.4 cm³/mol. The molecule has 0 spiro atoms. The Kier molecular flexibility index (Phi) is 6.20. The molecular weight excluding hydrogens is 366 g/mol. The SMILES string of the molecule is C[C@H](NC(=O)c1ccco1)C(=O)OCC(=O)N1CCN(c2ncccn2)CC1. The zero-order chi connectivity index (χ0) is 19.9. The van der Waals surface area contributed by atoms with Crippen LogP contribution in [-0.4, -0.2) is 71.5 Å². The lowest BCUT2D eigenvalue weighted by atomic mass is 10.3. The summed E-state index contributed by atoms with van der Waals surface area (Å²) in [6.07, 6.45) is 4.70. The Labute approximate surface area is 161 Å². The van der Waals surface area contributed by atoms with E-state index in [1.54, 1.807) is 29.4 Å². The molecule has 10 nitrogen and oxygen atoms in total. The molecule has 2 amide bonds. The highest BCUT2D eigenvalue weighted by Crippen LogP contribution is 2.10. The summed E-state index contributed by atoms with van der Waals surface area (Å²) in [6, 6.07) is 3.89. The fraction of sp³-hybridized carbons (Fsp3) is 0.389. The van der Waals surface area contributed by atoms with E-state index in [2.05, 4.69) is 15.3 Å². The van der Waals surface area contributed by atoms with E-state index in [-0.39, 0.29) is 18.3 Å². The summed E-state index contributed by atoms with van der Waals surface area (Å²) in [5.74, 6) is -0.783. The van der Waals surface area contributed by atoms with E-state index in [0.717, 1.165) is 0 Å². The van der Waals surface area contributed by atoms with Crippen molar-refractivity contribution in [1.29, 1.82) is 0 Å². The number of rotatable bonds is 6. The molecule has 1 aliphatic heterocycles. The van der Waals surface area contributed by atoms with Gasteiger partial charge in [0.25, 0.3) is 11.8 Å². The smallest absolute Gasteiger partial charge is 0.328 e. The normalized spacial score (nSPS) is 15.0. The van der Waals surface area contributed by atoms with Crippen molar-refractivity contribution < 1.29 is 23.5 Å². The molecule has 0 bridgehead atoms. The number of hydrogen-bond acceptors (Lipinski definition) is 8. The number of furan rings is 1. The van der Waals surface area contributed by atoms with E-state index >= 15 is 0 Å². The van der Waals surface area contributed by atoms with Crippen LogP contribution < -0.4 is 10.2 Å². The van der Waals surface area contributed by atoms with Gasteiger partial charge < -0.3 is 24.3 Å². The summed E-state index contributed by atoms with van der Waals surface area (Å²) >= 11 is 0. The summed E-state index contributed by atoms with van der Waals surface area (Å²) in [5, 5.41) is 2.46. The lowest BCUT2D eigenvalue weighted by molar-refractivity contribution is -0.153. The number of carbonyl (C=O) groups excluding carboxylic acids is 3. The molecule has 1 fully saturated rings. The van der Waals surface area contributed by atoms with Crippen molar-refractivity contribution in [2.75, 3.05) is 37.7 Å². The first-order chi connectivity index (χ1) is 13.5. The van der Waals surface area contributed by atoms with Gasteiger partial charge in [-0.05, 0) is 25.1 Å². The highest BCUT2D eigenvalue weighted by molar-refractivity contribution is 5.94. The van der Waals surface area contributed by atoms with E-state index in [1.807, 2.05) is 4.90 Å². The van der Waals surface area contributed by atoms with Crippen molar-refractivity contribution in [2.24, 2.45) is 0 Å². The molecule has 0 aliphatic carbocycles. The number of ether oxygens (including phenoxy) is 1. The predicted octanol–water partition coefficient (Wildman–Crippen LogP) is 0.0799. The van der Waals surface area contributed by atoms with Crippen molar-refractivity contribution in [2.45, 2.75) is 13.0 Å². The van der Waals surface area contributed by atoms with Crippen LogP contribution in [0.1, 0.15) is 17.5 Å². The van der Waals surface area contributed by atoms with E-state index in [9.17, 15) is 14.4 Å². The summed E-state index contributed by atoms with van der Waals surface area (Å²) in [5.41, 5.74) is 0. The largest absolute Gasteiger partial charge is 0.459 e. The first kappa shape index (κ1) is 19.3. The molecule has 0 saturated carbocycles. The molecule has 0 radical (unpaired) electrons. The molecule has 1 saturated heterocycles. The van der Waals surface area contributed by atoms with Crippen LogP contribution in [0.15, 0.2) is 41.3 Å². The third kappa shape index (κ3) is 4.84. The Hall–Kier alpha value is -3.43. The van der Waals surface area contributed by atoms with Crippen LogP contribution in [0, 0.1) is 0 Å². The van der Waals surface area contributed by atoms with Crippen LogP contribution in [-0.2, 0) is 14.3 Å². The molecule has 1 N–H and O–H groups in total. The van der Waals surface area contributed by atoms with E-state index in [1.165, 1.54) is 19.3 Å². The summed E-state index contributed by atoms with van der Waals surface area (Å²) in [4.78, 5) is 48.1. The molecule has 0 unspecified atom stereocenters. The fourth-order valence-corrected chi connectivity index (χ4v) is 2.69. The minimum Gasteiger partial charge on any atom is -0.459 e. The van der Waals surface area contributed by atoms with Gasteiger partial charge in [-0.25, -0.2) is 14.8 Å². The van der Waals surface area contributed by atoms with Crippen molar-refractivity contribution >= 4 is 23.7 Å². The third-order valence-corrected chi connectivity index (χ3v) is 4.25. The van der Waals surface area contributed by atoms with E-state index < -0.39 is 17.9 Å². The van der Waals surface area contributed by atoms with E-state index in [0.29, 0.717) is 32.1 Å². The van der Waals surface area contributed by atoms with Crippen LogP contribution >= 0.6 is 0 Å². The van der Waals surface area contributed by atoms with Gasteiger partial charge in [-0.3, -0.25) is 9.59 Å². The molecule has 10 heteroatoms. The van der Waals surface area contributed by atoms with Gasteiger partial charge in [0.15, 0.2) is 12.4 Å². The molecule has 148 valence electrons. The Morgan fingerprint density at radius 1 is 1.18 bits per heavy atom. The van der Waals surface area contributed by atoms with Crippen LogP contribution in [0.5, 0.6) is 0 Å². The first-order valence-corrected chi connectivity index (χ1v) is 8.85.